The molecule has 0 spiro atoms. The van der Waals surface area contributed by atoms with Crippen LogP contribution in [-0.4, -0.2) is 24.7 Å². The number of nitrogens with zero attached hydrogens (tertiary/aromatic N) is 6. The van der Waals surface area contributed by atoms with E-state index in [2.05, 4.69) is 15.1 Å². The summed E-state index contributed by atoms with van der Waals surface area (Å²) in [7, 11) is 0. The highest BCUT2D eigenvalue weighted by atomic mass is 32.1. The summed E-state index contributed by atoms with van der Waals surface area (Å²) >= 11 is 1.32. The predicted octanol–water partition coefficient (Wildman–Crippen LogP) is 1.66. The standard InChI is InChI=1S/C10H4N6O2S/c11-3-8-12-4-15(14-8)6-1-2-7-9(13-5-19-7)10(6)16(17)18/h1-2,4-5H. The molecular weight excluding hydrogens is 268 g/mol. The van der Waals surface area contributed by atoms with Gasteiger partial charge in [-0.25, -0.2) is 14.6 Å². The van der Waals surface area contributed by atoms with Crippen LogP contribution in [0.3, 0.4) is 0 Å². The molecular formula is C10H4N6O2S. The van der Waals surface area contributed by atoms with Crippen LogP contribution in [0.4, 0.5) is 5.69 Å². The van der Waals surface area contributed by atoms with Crippen molar-refractivity contribution in [2.24, 2.45) is 0 Å². The lowest BCUT2D eigenvalue weighted by atomic mass is 10.2. The van der Waals surface area contributed by atoms with Crippen molar-refractivity contribution in [1.82, 2.24) is 19.7 Å². The van der Waals surface area contributed by atoms with Crippen molar-refractivity contribution in [1.29, 1.82) is 5.26 Å². The van der Waals surface area contributed by atoms with Crippen LogP contribution in [0.15, 0.2) is 24.0 Å². The summed E-state index contributed by atoms with van der Waals surface area (Å²) in [4.78, 5) is 18.5. The molecule has 0 saturated heterocycles. The van der Waals surface area contributed by atoms with Gasteiger partial charge in [-0.05, 0) is 12.1 Å². The van der Waals surface area contributed by atoms with Crippen molar-refractivity contribution in [3.05, 3.63) is 39.9 Å². The van der Waals surface area contributed by atoms with E-state index in [1.165, 1.54) is 22.3 Å². The van der Waals surface area contributed by atoms with E-state index in [0.717, 1.165) is 4.70 Å². The number of nitriles is 1. The second-order valence-corrected chi connectivity index (χ2v) is 4.40. The van der Waals surface area contributed by atoms with E-state index in [1.807, 2.05) is 0 Å². The lowest BCUT2D eigenvalue weighted by Gasteiger charge is -2.02. The van der Waals surface area contributed by atoms with Gasteiger partial charge in [0.2, 0.25) is 0 Å². The molecule has 0 bridgehead atoms. The minimum atomic E-state index is -0.509. The van der Waals surface area contributed by atoms with Crippen LogP contribution in [0.2, 0.25) is 0 Å². The quantitative estimate of drug-likeness (QED) is 0.518. The molecule has 0 aliphatic carbocycles. The maximum absolute atomic E-state index is 11.2. The molecule has 0 aliphatic heterocycles. The summed E-state index contributed by atoms with van der Waals surface area (Å²) in [5, 5.41) is 23.8. The molecule has 1 aromatic carbocycles. The van der Waals surface area contributed by atoms with Crippen LogP contribution in [0, 0.1) is 21.4 Å². The monoisotopic (exact) mass is 272 g/mol. The Bertz CT molecular complexity index is 830. The molecule has 0 amide bonds. The highest BCUT2D eigenvalue weighted by Gasteiger charge is 2.22. The number of nitro groups is 1. The number of hydrogen-bond acceptors (Lipinski definition) is 7. The second kappa shape index (κ2) is 4.11. The van der Waals surface area contributed by atoms with Gasteiger partial charge in [-0.15, -0.1) is 16.4 Å². The SMILES string of the molecule is N#Cc1ncn(-c2ccc3scnc3c2[N+](=O)[O-])n1. The number of thiazole rings is 1. The average Bonchev–Trinajstić information content (AvgIpc) is 3.05. The summed E-state index contributed by atoms with van der Waals surface area (Å²) in [6.07, 6.45) is 1.26. The molecule has 0 N–H and O–H groups in total. The molecule has 8 nitrogen and oxygen atoms in total. The Morgan fingerprint density at radius 3 is 2.95 bits per heavy atom. The van der Waals surface area contributed by atoms with E-state index in [-0.39, 0.29) is 17.2 Å². The van der Waals surface area contributed by atoms with Crippen molar-refractivity contribution in [2.45, 2.75) is 0 Å². The van der Waals surface area contributed by atoms with Gasteiger partial charge in [0.25, 0.3) is 5.82 Å². The molecule has 0 aliphatic rings. The van der Waals surface area contributed by atoms with Gasteiger partial charge in [0, 0.05) is 0 Å². The van der Waals surface area contributed by atoms with Gasteiger partial charge in [-0.2, -0.15) is 5.26 Å². The highest BCUT2D eigenvalue weighted by molar-refractivity contribution is 7.16. The molecule has 0 atom stereocenters. The minimum absolute atomic E-state index is 0.0485. The van der Waals surface area contributed by atoms with E-state index in [0.29, 0.717) is 5.52 Å². The third-order valence-electron chi connectivity index (χ3n) is 2.48. The summed E-state index contributed by atoms with van der Waals surface area (Å²) < 4.78 is 1.92. The summed E-state index contributed by atoms with van der Waals surface area (Å²) in [6, 6.07) is 5.06. The Morgan fingerprint density at radius 2 is 2.26 bits per heavy atom. The zero-order valence-corrected chi connectivity index (χ0v) is 10.0. The van der Waals surface area contributed by atoms with Crippen molar-refractivity contribution in [3.63, 3.8) is 0 Å². The molecule has 9 heteroatoms. The zero-order valence-electron chi connectivity index (χ0n) is 9.22. The summed E-state index contributed by atoms with van der Waals surface area (Å²) in [5.41, 5.74) is 1.94. The second-order valence-electron chi connectivity index (χ2n) is 3.51. The van der Waals surface area contributed by atoms with Gasteiger partial charge in [0.1, 0.15) is 18.1 Å². The number of nitro benzene ring substituents is 1. The molecule has 0 radical (unpaired) electrons. The Balaban J connectivity index is 2.31. The summed E-state index contributed by atoms with van der Waals surface area (Å²) in [5.74, 6) is -0.0485. The van der Waals surface area contributed by atoms with E-state index >= 15 is 0 Å². The maximum Gasteiger partial charge on any atom is 0.321 e. The first-order chi connectivity index (χ1) is 9.20. The van der Waals surface area contributed by atoms with Gasteiger partial charge in [0.05, 0.1) is 15.1 Å². The molecule has 0 saturated carbocycles. The lowest BCUT2D eigenvalue weighted by molar-refractivity contribution is -0.383. The molecule has 2 aromatic heterocycles. The number of rotatable bonds is 2. The first kappa shape index (κ1) is 11.2. The third kappa shape index (κ3) is 1.71. The Labute approximate surface area is 109 Å². The number of aromatic nitrogens is 4. The van der Waals surface area contributed by atoms with Crippen LogP contribution in [0.25, 0.3) is 15.9 Å². The molecule has 0 unspecified atom stereocenters. The van der Waals surface area contributed by atoms with Crippen LogP contribution in [-0.2, 0) is 0 Å². The fourth-order valence-corrected chi connectivity index (χ4v) is 2.38. The molecule has 92 valence electrons. The fourth-order valence-electron chi connectivity index (χ4n) is 1.70. The normalized spacial score (nSPS) is 10.5. The lowest BCUT2D eigenvalue weighted by Crippen LogP contribution is -2.01. The molecule has 3 rings (SSSR count). The van der Waals surface area contributed by atoms with Crippen LogP contribution in [0.1, 0.15) is 5.82 Å². The van der Waals surface area contributed by atoms with E-state index < -0.39 is 4.92 Å². The first-order valence-corrected chi connectivity index (χ1v) is 5.91. The first-order valence-electron chi connectivity index (χ1n) is 5.03. The summed E-state index contributed by atoms with van der Waals surface area (Å²) in [6.45, 7) is 0. The Morgan fingerprint density at radius 1 is 1.42 bits per heavy atom. The number of fused-ring (bicyclic) bond motifs is 1. The number of hydrogen-bond donors (Lipinski definition) is 0. The predicted molar refractivity (Wildman–Crippen MR) is 65.9 cm³/mol. The van der Waals surface area contributed by atoms with Gasteiger partial charge in [0.15, 0.2) is 5.52 Å². The van der Waals surface area contributed by atoms with Crippen LogP contribution in [0.5, 0.6) is 0 Å². The Kier molecular flexibility index (Phi) is 2.43. The highest BCUT2D eigenvalue weighted by Crippen LogP contribution is 2.32. The van der Waals surface area contributed by atoms with Crippen molar-refractivity contribution in [2.75, 3.05) is 0 Å². The van der Waals surface area contributed by atoms with Gasteiger partial charge >= 0.3 is 5.69 Å². The molecule has 3 aromatic rings. The third-order valence-corrected chi connectivity index (χ3v) is 3.27. The van der Waals surface area contributed by atoms with E-state index in [4.69, 9.17) is 5.26 Å². The van der Waals surface area contributed by atoms with Crippen LogP contribution >= 0.6 is 11.3 Å². The molecule has 19 heavy (non-hydrogen) atoms. The topological polar surface area (TPSA) is 111 Å². The van der Waals surface area contributed by atoms with Gasteiger partial charge < -0.3 is 0 Å². The van der Waals surface area contributed by atoms with Crippen molar-refractivity contribution in [3.8, 4) is 11.8 Å². The van der Waals surface area contributed by atoms with Crippen molar-refractivity contribution < 1.29 is 4.92 Å². The zero-order chi connectivity index (χ0) is 13.4. The van der Waals surface area contributed by atoms with Gasteiger partial charge in [-0.1, -0.05) is 0 Å². The fraction of sp³-hybridized carbons (Fsp3) is 0. The van der Waals surface area contributed by atoms with E-state index in [1.54, 1.807) is 23.7 Å². The van der Waals surface area contributed by atoms with Crippen molar-refractivity contribution >= 4 is 27.2 Å². The minimum Gasteiger partial charge on any atom is -0.258 e. The largest absolute Gasteiger partial charge is 0.321 e. The van der Waals surface area contributed by atoms with Gasteiger partial charge in [-0.3, -0.25) is 10.1 Å². The van der Waals surface area contributed by atoms with E-state index in [9.17, 15) is 10.1 Å². The number of benzene rings is 1. The molecule has 2 heterocycles. The Hall–Kier alpha value is -2.86. The molecule has 0 fully saturated rings. The van der Waals surface area contributed by atoms with Crippen LogP contribution < -0.4 is 0 Å². The smallest absolute Gasteiger partial charge is 0.258 e. The maximum atomic E-state index is 11.2. The average molecular weight is 272 g/mol.